The molecule has 0 saturated carbocycles. The molecule has 0 spiro atoms. The van der Waals surface area contributed by atoms with Crippen molar-refractivity contribution < 1.29 is 9.52 Å². The molecular weight excluding hydrogens is 301 g/mol. The summed E-state index contributed by atoms with van der Waals surface area (Å²) in [5.41, 5.74) is 1.43. The van der Waals surface area contributed by atoms with Crippen LogP contribution in [0.3, 0.4) is 0 Å². The van der Waals surface area contributed by atoms with Gasteiger partial charge in [-0.25, -0.2) is 4.98 Å². The third kappa shape index (κ3) is 4.08. The van der Waals surface area contributed by atoms with Crippen molar-refractivity contribution in [3.8, 4) is 0 Å². The number of fused-ring (bicyclic) bond motifs is 1. The average Bonchev–Trinajstić information content (AvgIpc) is 3.15. The molecule has 0 bridgehead atoms. The first kappa shape index (κ1) is 18.3. The van der Waals surface area contributed by atoms with Gasteiger partial charge in [-0.2, -0.15) is 0 Å². The summed E-state index contributed by atoms with van der Waals surface area (Å²) in [6.45, 7) is 5.85. The average molecular weight is 323 g/mol. The third-order valence-electron chi connectivity index (χ3n) is 3.85. The van der Waals surface area contributed by atoms with Crippen LogP contribution in [-0.2, 0) is 5.60 Å². The van der Waals surface area contributed by atoms with E-state index < -0.39 is 5.60 Å². The molecule has 3 aromatic rings. The van der Waals surface area contributed by atoms with Gasteiger partial charge in [0.1, 0.15) is 5.76 Å². The van der Waals surface area contributed by atoms with Gasteiger partial charge in [0.25, 0.3) is 0 Å². The molecule has 2 heterocycles. The monoisotopic (exact) mass is 323 g/mol. The van der Waals surface area contributed by atoms with E-state index in [4.69, 9.17) is 4.42 Å². The first-order valence-corrected chi connectivity index (χ1v) is 8.99. The fourth-order valence-electron chi connectivity index (χ4n) is 2.60. The van der Waals surface area contributed by atoms with E-state index in [1.807, 2.05) is 31.2 Å². The Kier molecular flexibility index (Phi) is 6.49. The van der Waals surface area contributed by atoms with Crippen LogP contribution in [0.2, 0.25) is 5.09 Å². The van der Waals surface area contributed by atoms with Gasteiger partial charge < -0.3 is 9.52 Å². The topological polar surface area (TPSA) is 46.3 Å². The van der Waals surface area contributed by atoms with Gasteiger partial charge >= 0.3 is 42.6 Å². The molecule has 0 radical (unpaired) electrons. The van der Waals surface area contributed by atoms with Crippen molar-refractivity contribution in [2.45, 2.75) is 44.3 Å². The van der Waals surface area contributed by atoms with E-state index in [0.29, 0.717) is 5.76 Å². The van der Waals surface area contributed by atoms with Crippen molar-refractivity contribution in [1.29, 1.82) is 0 Å². The van der Waals surface area contributed by atoms with Crippen LogP contribution in [0.15, 0.2) is 40.5 Å². The maximum absolute atomic E-state index is 10.8. The zero-order chi connectivity index (χ0) is 16.9. The predicted molar refractivity (Wildman–Crippen MR) is 97.2 cm³/mol. The summed E-state index contributed by atoms with van der Waals surface area (Å²) in [5, 5.41) is 14.1. The maximum atomic E-state index is 10.8. The van der Waals surface area contributed by atoms with E-state index in [9.17, 15) is 5.11 Å². The second-order valence-corrected chi connectivity index (χ2v) is 6.70. The Hall–Kier alpha value is -1.05. The number of hydrogen-bond acceptors (Lipinski definition) is 4. The number of hydrogen-bond donors (Lipinski definition) is 1. The Labute approximate surface area is 151 Å². The molecular formula is C18H22LiNO2S. The van der Waals surface area contributed by atoms with E-state index in [1.165, 1.54) is 29.3 Å². The van der Waals surface area contributed by atoms with Crippen molar-refractivity contribution in [2.75, 3.05) is 0 Å². The summed E-state index contributed by atoms with van der Waals surface area (Å²) >= 11 is 3.65. The molecule has 0 fully saturated rings. The van der Waals surface area contributed by atoms with Gasteiger partial charge in [0.05, 0.1) is 22.3 Å². The minimum absolute atomic E-state index is 0.574. The Morgan fingerprint density at radius 1 is 1.35 bits per heavy atom. The number of aromatic nitrogens is 1. The Balaban J connectivity index is 0.000000338. The molecule has 5 heteroatoms. The second kappa shape index (κ2) is 8.17. The van der Waals surface area contributed by atoms with Crippen LogP contribution in [0.1, 0.15) is 43.0 Å². The molecule has 0 amide bonds. The van der Waals surface area contributed by atoms with Gasteiger partial charge in [0.2, 0.25) is 0 Å². The van der Waals surface area contributed by atoms with E-state index >= 15 is 0 Å². The molecule has 3 rings (SSSR count). The SMILES string of the molecule is Cc1ncsc1C(C)(O)c1occ2ccccc12.[Li][CH2]CCC. The fraction of sp³-hybridized carbons (Fsp3) is 0.389. The number of rotatable bonds is 4. The van der Waals surface area contributed by atoms with Crippen molar-refractivity contribution in [3.63, 3.8) is 0 Å². The molecule has 0 aliphatic heterocycles. The zero-order valence-corrected chi connectivity index (χ0v) is 15.1. The van der Waals surface area contributed by atoms with Crippen LogP contribution in [-0.4, -0.2) is 27.8 Å². The van der Waals surface area contributed by atoms with Crippen LogP contribution >= 0.6 is 11.3 Å². The standard InChI is InChI=1S/C14H13NO2S.C4H9.Li/c1-9-13(18-8-15-9)14(2,16)12-11-6-4-3-5-10(11)7-17-12;1-3-4-2;/h3-8,16H,1-2H3;1,3-4H2,2H3;. The first-order chi connectivity index (χ1) is 11.0. The normalized spacial score (nSPS) is 13.5. The van der Waals surface area contributed by atoms with E-state index in [1.54, 1.807) is 18.7 Å². The number of aryl methyl sites for hydroxylation is 1. The summed E-state index contributed by atoms with van der Waals surface area (Å²) in [6.07, 6.45) is 4.41. The number of furan rings is 1. The minimum atomic E-state index is -1.14. The van der Waals surface area contributed by atoms with Crippen LogP contribution in [0.4, 0.5) is 0 Å². The molecule has 0 aliphatic rings. The molecule has 118 valence electrons. The van der Waals surface area contributed by atoms with Gasteiger partial charge in [-0.1, -0.05) is 24.3 Å². The summed E-state index contributed by atoms with van der Waals surface area (Å²) in [7, 11) is 0. The Morgan fingerprint density at radius 3 is 2.65 bits per heavy atom. The molecule has 0 saturated heterocycles. The van der Waals surface area contributed by atoms with Crippen LogP contribution in [0, 0.1) is 6.92 Å². The molecule has 1 unspecified atom stereocenters. The zero-order valence-electron chi connectivity index (χ0n) is 14.3. The van der Waals surface area contributed by atoms with Crippen molar-refractivity contribution in [1.82, 2.24) is 4.98 Å². The quantitative estimate of drug-likeness (QED) is 0.700. The molecule has 1 aromatic carbocycles. The number of thiazole rings is 1. The summed E-state index contributed by atoms with van der Waals surface area (Å²) in [5.74, 6) is 0.574. The number of nitrogens with zero attached hydrogens (tertiary/aromatic N) is 1. The Morgan fingerprint density at radius 2 is 2.09 bits per heavy atom. The molecule has 0 aliphatic carbocycles. The van der Waals surface area contributed by atoms with Gasteiger partial charge in [-0.3, -0.25) is 0 Å². The van der Waals surface area contributed by atoms with E-state index in [0.717, 1.165) is 21.3 Å². The molecule has 1 atom stereocenters. The molecule has 3 nitrogen and oxygen atoms in total. The number of aliphatic hydroxyl groups is 1. The van der Waals surface area contributed by atoms with Gasteiger partial charge in [-0.05, 0) is 13.8 Å². The Bertz CT molecular complexity index is 746. The summed E-state index contributed by atoms with van der Waals surface area (Å²) < 4.78 is 5.59. The fourth-order valence-corrected chi connectivity index (χ4v) is 3.46. The molecule has 23 heavy (non-hydrogen) atoms. The summed E-state index contributed by atoms with van der Waals surface area (Å²) in [6, 6.07) is 7.82. The van der Waals surface area contributed by atoms with Gasteiger partial charge in [0.15, 0.2) is 5.60 Å². The number of unbranched alkanes of at least 4 members (excludes halogenated alkanes) is 1. The molecule has 1 N–H and O–H groups in total. The van der Waals surface area contributed by atoms with Gasteiger partial charge in [-0.15, -0.1) is 11.3 Å². The van der Waals surface area contributed by atoms with E-state index in [-0.39, 0.29) is 0 Å². The van der Waals surface area contributed by atoms with Crippen LogP contribution < -0.4 is 0 Å². The van der Waals surface area contributed by atoms with E-state index in [2.05, 4.69) is 29.6 Å². The second-order valence-electron chi connectivity index (χ2n) is 5.84. The molecule has 2 aromatic heterocycles. The summed E-state index contributed by atoms with van der Waals surface area (Å²) in [4.78, 5) is 5.01. The third-order valence-corrected chi connectivity index (χ3v) is 4.99. The van der Waals surface area contributed by atoms with Crippen LogP contribution in [0.5, 0.6) is 0 Å². The van der Waals surface area contributed by atoms with Crippen molar-refractivity contribution in [3.05, 3.63) is 52.4 Å². The van der Waals surface area contributed by atoms with Crippen molar-refractivity contribution in [2.24, 2.45) is 0 Å². The number of benzene rings is 1. The van der Waals surface area contributed by atoms with Crippen molar-refractivity contribution >= 4 is 39.8 Å². The van der Waals surface area contributed by atoms with Crippen LogP contribution in [0.25, 0.3) is 10.8 Å². The predicted octanol–water partition coefficient (Wildman–Crippen LogP) is 4.83. The first-order valence-electron chi connectivity index (χ1n) is 8.12. The van der Waals surface area contributed by atoms with Gasteiger partial charge in [0, 0.05) is 10.8 Å².